The summed E-state index contributed by atoms with van der Waals surface area (Å²) in [4.78, 5) is 37.4. The number of nitrogens with zero attached hydrogens (tertiary/aromatic N) is 2. The van der Waals surface area contributed by atoms with E-state index in [2.05, 4.69) is 15.3 Å². The van der Waals surface area contributed by atoms with Crippen LogP contribution in [0.3, 0.4) is 0 Å². The fourth-order valence-corrected chi connectivity index (χ4v) is 3.50. The molecule has 11 heteroatoms. The van der Waals surface area contributed by atoms with E-state index in [-0.39, 0.29) is 17.3 Å². The Kier molecular flexibility index (Phi) is 7.36. The third kappa shape index (κ3) is 5.71. The summed E-state index contributed by atoms with van der Waals surface area (Å²) in [5, 5.41) is 25.7. The molecule has 11 nitrogen and oxygen atoms in total. The number of non-ortho nitro benzene ring substituents is 2. The van der Waals surface area contributed by atoms with Gasteiger partial charge in [-0.2, -0.15) is 0 Å². The number of rotatable bonds is 7. The molecular weight excluding hydrogens is 428 g/mol. The van der Waals surface area contributed by atoms with E-state index in [1.807, 2.05) is 12.4 Å². The van der Waals surface area contributed by atoms with Crippen LogP contribution in [0.4, 0.5) is 11.4 Å². The number of nitrogens with one attached hydrogen (secondary N) is 3. The highest BCUT2D eigenvalue weighted by Crippen LogP contribution is 2.24. The molecule has 172 valence electrons. The fourth-order valence-electron chi connectivity index (χ4n) is 3.50. The minimum absolute atomic E-state index is 0.0721. The molecule has 0 saturated heterocycles. The zero-order chi connectivity index (χ0) is 24.0. The van der Waals surface area contributed by atoms with Crippen LogP contribution in [0, 0.1) is 20.2 Å². The van der Waals surface area contributed by atoms with E-state index in [4.69, 9.17) is 5.73 Å². The Labute approximate surface area is 188 Å². The van der Waals surface area contributed by atoms with Gasteiger partial charge in [-0.05, 0) is 42.6 Å². The highest BCUT2D eigenvalue weighted by Gasteiger charge is 2.11. The maximum Gasteiger partial charge on any atom is 0.270 e. The maximum absolute atomic E-state index is 10.8. The first kappa shape index (κ1) is 23.4. The molecule has 2 aromatic heterocycles. The molecule has 2 aromatic carbocycles. The lowest BCUT2D eigenvalue weighted by molar-refractivity contribution is -0.384. The van der Waals surface area contributed by atoms with Crippen molar-refractivity contribution in [2.75, 3.05) is 13.1 Å². The van der Waals surface area contributed by atoms with Crippen molar-refractivity contribution in [1.29, 1.82) is 0 Å². The molecule has 0 radical (unpaired) electrons. The van der Waals surface area contributed by atoms with Crippen molar-refractivity contribution in [3.8, 4) is 0 Å². The molecule has 0 saturated carbocycles. The van der Waals surface area contributed by atoms with E-state index in [9.17, 15) is 25.0 Å². The monoisotopic (exact) mass is 452 g/mol. The van der Waals surface area contributed by atoms with E-state index in [0.29, 0.717) is 19.5 Å². The lowest BCUT2D eigenvalue weighted by Gasteiger charge is -2.01. The molecule has 4 rings (SSSR count). The molecule has 2 heterocycles. The largest absolute Gasteiger partial charge is 0.361 e. The van der Waals surface area contributed by atoms with Crippen LogP contribution in [0.2, 0.25) is 0 Å². The average Bonchev–Trinajstić information content (AvgIpc) is 3.37. The lowest BCUT2D eigenvalue weighted by atomic mass is 10.1. The minimum atomic E-state index is -0.413. The molecule has 1 amide bonds. The smallest absolute Gasteiger partial charge is 0.270 e. The van der Waals surface area contributed by atoms with Crippen molar-refractivity contribution >= 4 is 39.1 Å². The maximum atomic E-state index is 10.8. The van der Waals surface area contributed by atoms with Gasteiger partial charge in [-0.1, -0.05) is 0 Å². The van der Waals surface area contributed by atoms with Gasteiger partial charge in [0.05, 0.1) is 9.85 Å². The molecule has 0 fully saturated rings. The summed E-state index contributed by atoms with van der Waals surface area (Å²) in [6, 6.07) is 9.50. The first-order valence-corrected chi connectivity index (χ1v) is 10.2. The van der Waals surface area contributed by atoms with Crippen molar-refractivity contribution < 1.29 is 14.6 Å². The topological polar surface area (TPSA) is 173 Å². The van der Waals surface area contributed by atoms with Crippen LogP contribution < -0.4 is 11.1 Å². The van der Waals surface area contributed by atoms with Gasteiger partial charge in [0.2, 0.25) is 5.91 Å². The summed E-state index contributed by atoms with van der Waals surface area (Å²) in [6.07, 6.45) is 5.03. The van der Waals surface area contributed by atoms with Crippen molar-refractivity contribution in [3.05, 3.63) is 80.1 Å². The van der Waals surface area contributed by atoms with Crippen LogP contribution in [-0.4, -0.2) is 38.8 Å². The van der Waals surface area contributed by atoms with Gasteiger partial charge in [0.15, 0.2) is 0 Å². The number of nitro benzene ring substituents is 2. The van der Waals surface area contributed by atoms with Crippen molar-refractivity contribution in [1.82, 2.24) is 15.3 Å². The van der Waals surface area contributed by atoms with Gasteiger partial charge in [-0.3, -0.25) is 25.0 Å². The van der Waals surface area contributed by atoms with E-state index in [0.717, 1.165) is 39.4 Å². The molecule has 0 unspecified atom stereocenters. The van der Waals surface area contributed by atoms with Crippen LogP contribution in [0.25, 0.3) is 21.8 Å². The van der Waals surface area contributed by atoms with Crippen LogP contribution in [0.5, 0.6) is 0 Å². The second-order valence-corrected chi connectivity index (χ2v) is 7.37. The molecule has 33 heavy (non-hydrogen) atoms. The van der Waals surface area contributed by atoms with E-state index in [1.165, 1.54) is 19.1 Å². The van der Waals surface area contributed by atoms with E-state index in [1.54, 1.807) is 24.3 Å². The van der Waals surface area contributed by atoms with Crippen LogP contribution in [-0.2, 0) is 17.6 Å². The number of amides is 1. The van der Waals surface area contributed by atoms with Gasteiger partial charge in [0.25, 0.3) is 11.4 Å². The zero-order valence-corrected chi connectivity index (χ0v) is 18.0. The van der Waals surface area contributed by atoms with Crippen molar-refractivity contribution in [3.63, 3.8) is 0 Å². The van der Waals surface area contributed by atoms with Crippen molar-refractivity contribution in [2.24, 2.45) is 5.73 Å². The fraction of sp³-hybridized carbons (Fsp3) is 0.227. The Bertz CT molecular complexity index is 1310. The summed E-state index contributed by atoms with van der Waals surface area (Å²) in [5.41, 5.74) is 9.40. The number of nitrogens with two attached hydrogens (primary N) is 1. The Morgan fingerprint density at radius 1 is 0.909 bits per heavy atom. The van der Waals surface area contributed by atoms with Gasteiger partial charge < -0.3 is 21.0 Å². The van der Waals surface area contributed by atoms with Crippen LogP contribution >= 0.6 is 0 Å². The lowest BCUT2D eigenvalue weighted by Crippen LogP contribution is -2.22. The Morgan fingerprint density at radius 3 is 1.82 bits per heavy atom. The summed E-state index contributed by atoms with van der Waals surface area (Å²) in [6.45, 7) is 2.51. The predicted molar refractivity (Wildman–Crippen MR) is 125 cm³/mol. The predicted octanol–water partition coefficient (Wildman–Crippen LogP) is 3.33. The third-order valence-electron chi connectivity index (χ3n) is 5.11. The summed E-state index contributed by atoms with van der Waals surface area (Å²) < 4.78 is 0. The van der Waals surface area contributed by atoms with Crippen molar-refractivity contribution in [2.45, 2.75) is 19.8 Å². The third-order valence-corrected chi connectivity index (χ3v) is 5.11. The summed E-state index contributed by atoms with van der Waals surface area (Å²) >= 11 is 0. The van der Waals surface area contributed by atoms with Gasteiger partial charge in [0.1, 0.15) is 0 Å². The first-order chi connectivity index (χ1) is 15.8. The number of hydrogen-bond donors (Lipinski definition) is 4. The Balaban J connectivity index is 0.000000189. The molecule has 0 aliphatic heterocycles. The number of nitro groups is 2. The highest BCUT2D eigenvalue weighted by molar-refractivity contribution is 5.86. The first-order valence-electron chi connectivity index (χ1n) is 10.2. The molecule has 0 atom stereocenters. The SMILES string of the molecule is CC(=O)NCCc1c[nH]c2ccc([N+](=O)[O-])cc12.NCCc1c[nH]c2ccc([N+](=O)[O-])cc12. The van der Waals surface area contributed by atoms with E-state index >= 15 is 0 Å². The zero-order valence-electron chi connectivity index (χ0n) is 18.0. The Morgan fingerprint density at radius 2 is 1.39 bits per heavy atom. The number of aromatic nitrogens is 2. The molecule has 0 aliphatic carbocycles. The van der Waals surface area contributed by atoms with Crippen LogP contribution in [0.15, 0.2) is 48.8 Å². The molecule has 4 aromatic rings. The second kappa shape index (κ2) is 10.4. The quantitative estimate of drug-likeness (QED) is 0.247. The number of hydrogen-bond acceptors (Lipinski definition) is 6. The van der Waals surface area contributed by atoms with Gasteiger partial charge in [-0.25, -0.2) is 0 Å². The molecule has 0 bridgehead atoms. The summed E-state index contributed by atoms with van der Waals surface area (Å²) in [5.74, 6) is -0.0826. The van der Waals surface area contributed by atoms with Gasteiger partial charge in [0, 0.05) is 71.9 Å². The number of benzene rings is 2. The molecule has 0 aliphatic rings. The van der Waals surface area contributed by atoms with E-state index < -0.39 is 9.85 Å². The molecular formula is C22H24N6O5. The van der Waals surface area contributed by atoms with Gasteiger partial charge >= 0.3 is 0 Å². The Hall–Kier alpha value is -4.25. The number of carbonyl (C=O) groups excluding carboxylic acids is 1. The normalized spacial score (nSPS) is 10.6. The molecule has 0 spiro atoms. The standard InChI is InChI=1S/C12H13N3O3.C10H11N3O2/c1-8(16)13-5-4-9-7-14-12-3-2-10(15(17)18)6-11(9)12;11-4-3-7-6-12-10-2-1-8(13(14)15)5-9(7)10/h2-3,6-7,14H,4-5H2,1H3,(H,13,16);1-2,5-6,12H,3-4,11H2. The summed E-state index contributed by atoms with van der Waals surface area (Å²) in [7, 11) is 0. The van der Waals surface area contributed by atoms with Gasteiger partial charge in [-0.15, -0.1) is 0 Å². The number of fused-ring (bicyclic) bond motifs is 2. The highest BCUT2D eigenvalue weighted by atomic mass is 16.6. The number of H-pyrrole nitrogens is 2. The van der Waals surface area contributed by atoms with Crippen LogP contribution in [0.1, 0.15) is 18.1 Å². The number of aromatic amines is 2. The average molecular weight is 452 g/mol. The number of carbonyl (C=O) groups is 1. The minimum Gasteiger partial charge on any atom is -0.361 e. The molecule has 5 N–H and O–H groups in total. The second-order valence-electron chi connectivity index (χ2n) is 7.37.